The third kappa shape index (κ3) is 4.57. The van der Waals surface area contributed by atoms with E-state index in [1.165, 1.54) is 13.1 Å². The number of halogens is 3. The molecule has 2 atom stereocenters. The molecule has 1 N–H and O–H groups in total. The molecular formula is C23H21F3N4O4S. The van der Waals surface area contributed by atoms with Crippen LogP contribution in [0.2, 0.25) is 0 Å². The van der Waals surface area contributed by atoms with Gasteiger partial charge in [0.05, 0.1) is 0 Å². The van der Waals surface area contributed by atoms with Crippen LogP contribution in [0.15, 0.2) is 40.0 Å². The SMILES string of the molecule is CC(=O)C1=C2C[C@H](NC(=O)OC(C)(C)C)C(=O)N2C(c2nccs2)=N[C@H]1c1ccc(F)c(F)c1F. The highest BCUT2D eigenvalue weighted by Crippen LogP contribution is 2.42. The van der Waals surface area contributed by atoms with Gasteiger partial charge in [-0.3, -0.25) is 19.5 Å². The van der Waals surface area contributed by atoms with Crippen LogP contribution in [0.1, 0.15) is 50.7 Å². The molecule has 2 amide bonds. The number of thiazole rings is 1. The first-order chi connectivity index (χ1) is 16.4. The van der Waals surface area contributed by atoms with Crippen LogP contribution >= 0.6 is 11.3 Å². The van der Waals surface area contributed by atoms with Crippen molar-refractivity contribution < 1.29 is 32.3 Å². The molecule has 1 saturated heterocycles. The van der Waals surface area contributed by atoms with Gasteiger partial charge in [0.2, 0.25) is 0 Å². The van der Waals surface area contributed by atoms with Crippen LogP contribution in [0.4, 0.5) is 18.0 Å². The van der Waals surface area contributed by atoms with Crippen molar-refractivity contribution in [2.75, 3.05) is 0 Å². The first-order valence-corrected chi connectivity index (χ1v) is 11.5. The van der Waals surface area contributed by atoms with E-state index in [0.29, 0.717) is 0 Å². The third-order valence-corrected chi connectivity index (χ3v) is 6.06. The highest BCUT2D eigenvalue weighted by atomic mass is 32.1. The molecule has 4 rings (SSSR count). The maximum atomic E-state index is 14.8. The smallest absolute Gasteiger partial charge is 0.408 e. The van der Waals surface area contributed by atoms with Crippen LogP contribution in [0.25, 0.3) is 0 Å². The van der Waals surface area contributed by atoms with E-state index in [1.807, 2.05) is 0 Å². The maximum absolute atomic E-state index is 14.8. The van der Waals surface area contributed by atoms with Crippen LogP contribution in [0.5, 0.6) is 0 Å². The third-order valence-electron chi connectivity index (χ3n) is 5.29. The zero-order chi connectivity index (χ0) is 25.7. The summed E-state index contributed by atoms with van der Waals surface area (Å²) in [4.78, 5) is 48.1. The largest absolute Gasteiger partial charge is 0.444 e. The molecule has 35 heavy (non-hydrogen) atoms. The monoisotopic (exact) mass is 506 g/mol. The molecule has 0 saturated carbocycles. The zero-order valence-corrected chi connectivity index (χ0v) is 20.0. The molecule has 2 aromatic rings. The summed E-state index contributed by atoms with van der Waals surface area (Å²) < 4.78 is 47.7. The van der Waals surface area contributed by atoms with E-state index >= 15 is 0 Å². The standard InChI is InChI=1S/C23H21F3N4O4S/c1-10(31)15-14-9-13(28-22(33)34-23(2,3)4)21(32)30(14)19(20-27-7-8-35-20)29-18(15)11-5-6-12(24)17(26)16(11)25/h5-8,13,18H,9H2,1-4H3,(H,28,33)/t13-,18-/m0/s1. The number of hydrogen-bond donors (Lipinski definition) is 1. The fraction of sp³-hybridized carbons (Fsp3) is 0.348. The Morgan fingerprint density at radius 3 is 2.51 bits per heavy atom. The molecule has 1 aromatic carbocycles. The number of aliphatic imine (C=N–C) groups is 1. The van der Waals surface area contributed by atoms with Gasteiger partial charge in [0.1, 0.15) is 17.7 Å². The number of amides is 2. The van der Waals surface area contributed by atoms with E-state index in [0.717, 1.165) is 28.4 Å². The van der Waals surface area contributed by atoms with E-state index in [9.17, 15) is 27.6 Å². The van der Waals surface area contributed by atoms with E-state index in [1.54, 1.807) is 26.2 Å². The predicted molar refractivity (Wildman–Crippen MR) is 120 cm³/mol. The average Bonchev–Trinajstić information content (AvgIpc) is 3.39. The van der Waals surface area contributed by atoms with Gasteiger partial charge in [-0.05, 0) is 33.8 Å². The Balaban J connectivity index is 1.84. The highest BCUT2D eigenvalue weighted by molar-refractivity contribution is 7.11. The van der Waals surface area contributed by atoms with Gasteiger partial charge in [0.25, 0.3) is 5.91 Å². The fourth-order valence-electron chi connectivity index (χ4n) is 3.95. The van der Waals surface area contributed by atoms with Crippen molar-refractivity contribution in [3.63, 3.8) is 0 Å². The normalized spacial score (nSPS) is 20.0. The summed E-state index contributed by atoms with van der Waals surface area (Å²) in [5.74, 6) is -5.71. The van der Waals surface area contributed by atoms with Crippen molar-refractivity contribution >= 4 is 35.0 Å². The van der Waals surface area contributed by atoms with Gasteiger partial charge < -0.3 is 10.1 Å². The molecule has 12 heteroatoms. The number of alkyl carbamates (subject to hydrolysis) is 1. The first kappa shape index (κ1) is 24.6. The van der Waals surface area contributed by atoms with Gasteiger partial charge in [0.15, 0.2) is 34.1 Å². The summed E-state index contributed by atoms with van der Waals surface area (Å²) in [7, 11) is 0. The summed E-state index contributed by atoms with van der Waals surface area (Å²) in [6.45, 7) is 6.19. The van der Waals surface area contributed by atoms with Gasteiger partial charge in [0, 0.05) is 34.8 Å². The summed E-state index contributed by atoms with van der Waals surface area (Å²) in [5.41, 5.74) is -1.09. The number of nitrogens with zero attached hydrogens (tertiary/aromatic N) is 3. The predicted octanol–water partition coefficient (Wildman–Crippen LogP) is 4.03. The van der Waals surface area contributed by atoms with E-state index in [4.69, 9.17) is 4.74 Å². The summed E-state index contributed by atoms with van der Waals surface area (Å²) in [5, 5.41) is 4.41. The fourth-order valence-corrected chi connectivity index (χ4v) is 4.57. The zero-order valence-electron chi connectivity index (χ0n) is 19.2. The molecule has 184 valence electrons. The molecule has 2 aliphatic heterocycles. The van der Waals surface area contributed by atoms with Gasteiger partial charge in [-0.1, -0.05) is 6.07 Å². The van der Waals surface area contributed by atoms with Crippen molar-refractivity contribution in [3.8, 4) is 0 Å². The minimum absolute atomic E-state index is 0.00706. The molecule has 0 bridgehead atoms. The van der Waals surface area contributed by atoms with Crippen molar-refractivity contribution in [1.29, 1.82) is 0 Å². The van der Waals surface area contributed by atoms with E-state index < -0.39 is 52.9 Å². The Bertz CT molecular complexity index is 1280. The molecule has 0 radical (unpaired) electrons. The minimum Gasteiger partial charge on any atom is -0.444 e. The van der Waals surface area contributed by atoms with Crippen molar-refractivity contribution in [2.24, 2.45) is 4.99 Å². The van der Waals surface area contributed by atoms with E-state index in [-0.39, 0.29) is 34.1 Å². The number of fused-ring (bicyclic) bond motifs is 1. The van der Waals surface area contributed by atoms with Gasteiger partial charge >= 0.3 is 6.09 Å². The quantitative estimate of drug-likeness (QED) is 0.631. The van der Waals surface area contributed by atoms with Crippen molar-refractivity contribution in [2.45, 2.75) is 51.8 Å². The Morgan fingerprint density at radius 2 is 1.91 bits per heavy atom. The summed E-state index contributed by atoms with van der Waals surface area (Å²) in [6, 6.07) is -0.713. The van der Waals surface area contributed by atoms with Gasteiger partial charge in [-0.15, -0.1) is 11.3 Å². The molecule has 1 aromatic heterocycles. The number of amidine groups is 1. The number of hydrogen-bond acceptors (Lipinski definition) is 7. The lowest BCUT2D eigenvalue weighted by Crippen LogP contribution is -2.45. The molecule has 0 spiro atoms. The molecule has 2 aliphatic rings. The Labute approximate surface area is 202 Å². The topological polar surface area (TPSA) is 101 Å². The maximum Gasteiger partial charge on any atom is 0.408 e. The molecule has 0 aliphatic carbocycles. The number of benzene rings is 1. The molecule has 8 nitrogen and oxygen atoms in total. The number of ketones is 1. The lowest BCUT2D eigenvalue weighted by molar-refractivity contribution is -0.125. The van der Waals surface area contributed by atoms with Crippen molar-refractivity contribution in [3.05, 3.63) is 63.0 Å². The number of aromatic nitrogens is 1. The lowest BCUT2D eigenvalue weighted by Gasteiger charge is -2.30. The minimum atomic E-state index is -1.70. The average molecular weight is 507 g/mol. The van der Waals surface area contributed by atoms with Crippen LogP contribution in [0.3, 0.4) is 0 Å². The number of nitrogens with one attached hydrogen (secondary N) is 1. The van der Waals surface area contributed by atoms with Crippen LogP contribution in [-0.4, -0.2) is 45.1 Å². The summed E-state index contributed by atoms with van der Waals surface area (Å²) in [6.07, 6.45) is 0.506. The van der Waals surface area contributed by atoms with Crippen LogP contribution < -0.4 is 5.32 Å². The second-order valence-corrected chi connectivity index (χ2v) is 9.84. The van der Waals surface area contributed by atoms with Gasteiger partial charge in [-0.2, -0.15) is 0 Å². The first-order valence-electron chi connectivity index (χ1n) is 10.6. The Hall–Kier alpha value is -3.54. The Morgan fingerprint density at radius 1 is 1.20 bits per heavy atom. The second kappa shape index (κ2) is 8.91. The van der Waals surface area contributed by atoms with Gasteiger partial charge in [-0.25, -0.2) is 22.9 Å². The molecular weight excluding hydrogens is 485 g/mol. The Kier molecular flexibility index (Phi) is 6.26. The van der Waals surface area contributed by atoms with E-state index in [2.05, 4.69) is 15.3 Å². The number of ether oxygens (including phenoxy) is 1. The second-order valence-electron chi connectivity index (χ2n) is 8.95. The highest BCUT2D eigenvalue weighted by Gasteiger charge is 2.47. The van der Waals surface area contributed by atoms with Crippen LogP contribution in [0, 0.1) is 17.5 Å². The number of rotatable bonds is 4. The van der Waals surface area contributed by atoms with Crippen LogP contribution in [-0.2, 0) is 14.3 Å². The summed E-state index contributed by atoms with van der Waals surface area (Å²) >= 11 is 1.14. The lowest BCUT2D eigenvalue weighted by atomic mass is 9.91. The molecule has 3 heterocycles. The van der Waals surface area contributed by atoms with Crippen molar-refractivity contribution in [1.82, 2.24) is 15.2 Å². The molecule has 1 fully saturated rings. The number of carbonyl (C=O) groups excluding carboxylic acids is 3. The molecule has 0 unspecified atom stereocenters. The number of Topliss-reactive ketones (excluding diaryl/α,β-unsaturated/α-hetero) is 1. The number of carbonyl (C=O) groups is 3.